The van der Waals surface area contributed by atoms with Crippen molar-refractivity contribution in [3.05, 3.63) is 46.3 Å². The fraction of sp³-hybridized carbons (Fsp3) is 0.389. The molecule has 1 N–H and O–H groups in total. The van der Waals surface area contributed by atoms with E-state index >= 15 is 0 Å². The zero-order valence-electron chi connectivity index (χ0n) is 15.4. The number of carbonyl (C=O) groups excluding carboxylic acids is 1. The van der Waals surface area contributed by atoms with Gasteiger partial charge in [0.1, 0.15) is 10.5 Å². The van der Waals surface area contributed by atoms with E-state index in [9.17, 15) is 13.2 Å². The molecule has 136 valence electrons. The van der Waals surface area contributed by atoms with Crippen LogP contribution in [0.15, 0.2) is 23.1 Å². The van der Waals surface area contributed by atoms with Gasteiger partial charge in [0, 0.05) is 24.1 Å². The molecule has 0 unspecified atom stereocenters. The molecule has 0 radical (unpaired) electrons. The molecular formula is C18H24N2O4S. The number of rotatable bonds is 5. The average Bonchev–Trinajstić information content (AvgIpc) is 2.76. The SMILES string of the molecule is CCOC(=O)c1c(S(=O)(=O)Nc2ccc(C)c(C)c2)c(C)n(C)c1C. The summed E-state index contributed by atoms with van der Waals surface area (Å²) >= 11 is 0. The van der Waals surface area contributed by atoms with Crippen LogP contribution in [0.3, 0.4) is 0 Å². The number of aromatic nitrogens is 1. The zero-order chi connectivity index (χ0) is 18.9. The highest BCUT2D eigenvalue weighted by Crippen LogP contribution is 2.29. The van der Waals surface area contributed by atoms with E-state index in [0.29, 0.717) is 17.1 Å². The first-order valence-corrected chi connectivity index (χ1v) is 9.51. The molecule has 2 aromatic rings. The minimum atomic E-state index is -3.94. The molecule has 6 nitrogen and oxygen atoms in total. The first-order valence-electron chi connectivity index (χ1n) is 8.03. The van der Waals surface area contributed by atoms with Crippen molar-refractivity contribution in [2.45, 2.75) is 39.5 Å². The summed E-state index contributed by atoms with van der Waals surface area (Å²) in [5.41, 5.74) is 3.62. The van der Waals surface area contributed by atoms with Gasteiger partial charge in [0.05, 0.1) is 6.61 Å². The van der Waals surface area contributed by atoms with Crippen molar-refractivity contribution in [2.75, 3.05) is 11.3 Å². The van der Waals surface area contributed by atoms with E-state index in [0.717, 1.165) is 11.1 Å². The Balaban J connectivity index is 2.57. The van der Waals surface area contributed by atoms with Crippen LogP contribution in [0.4, 0.5) is 5.69 Å². The summed E-state index contributed by atoms with van der Waals surface area (Å²) in [7, 11) is -2.22. The Labute approximate surface area is 148 Å². The number of esters is 1. The van der Waals surface area contributed by atoms with Gasteiger partial charge in [-0.15, -0.1) is 0 Å². The quantitative estimate of drug-likeness (QED) is 0.826. The van der Waals surface area contributed by atoms with Gasteiger partial charge >= 0.3 is 5.97 Å². The highest BCUT2D eigenvalue weighted by Gasteiger charge is 2.31. The van der Waals surface area contributed by atoms with Gasteiger partial charge in [-0.05, 0) is 57.9 Å². The van der Waals surface area contributed by atoms with Crippen LogP contribution in [0.1, 0.15) is 39.8 Å². The maximum Gasteiger partial charge on any atom is 0.341 e. The monoisotopic (exact) mass is 364 g/mol. The topological polar surface area (TPSA) is 77.4 Å². The molecule has 0 aliphatic heterocycles. The summed E-state index contributed by atoms with van der Waals surface area (Å²) < 4.78 is 35.3. The van der Waals surface area contributed by atoms with Crippen LogP contribution in [0.25, 0.3) is 0 Å². The van der Waals surface area contributed by atoms with Crippen molar-refractivity contribution >= 4 is 21.7 Å². The van der Waals surface area contributed by atoms with Gasteiger partial charge in [0.15, 0.2) is 0 Å². The van der Waals surface area contributed by atoms with Crippen LogP contribution in [-0.4, -0.2) is 25.6 Å². The lowest BCUT2D eigenvalue weighted by Gasteiger charge is -2.11. The lowest BCUT2D eigenvalue weighted by Crippen LogP contribution is -2.18. The van der Waals surface area contributed by atoms with Gasteiger partial charge in [-0.1, -0.05) is 6.07 Å². The van der Waals surface area contributed by atoms with Gasteiger partial charge in [0.25, 0.3) is 10.0 Å². The second-order valence-corrected chi connectivity index (χ2v) is 7.68. The molecule has 0 amide bonds. The third-order valence-electron chi connectivity index (χ3n) is 4.43. The van der Waals surface area contributed by atoms with E-state index in [4.69, 9.17) is 4.74 Å². The van der Waals surface area contributed by atoms with Crippen LogP contribution in [0.5, 0.6) is 0 Å². The molecule has 0 aliphatic carbocycles. The molecule has 0 atom stereocenters. The molecule has 0 aliphatic rings. The molecule has 0 saturated carbocycles. The minimum absolute atomic E-state index is 0.0378. The Morgan fingerprint density at radius 1 is 1.12 bits per heavy atom. The number of hydrogen-bond donors (Lipinski definition) is 1. The number of nitrogens with zero attached hydrogens (tertiary/aromatic N) is 1. The van der Waals surface area contributed by atoms with Crippen LogP contribution in [-0.2, 0) is 21.8 Å². The number of carbonyl (C=O) groups is 1. The van der Waals surface area contributed by atoms with E-state index in [1.807, 2.05) is 19.9 Å². The first kappa shape index (κ1) is 19.1. The second-order valence-electron chi connectivity index (χ2n) is 6.06. The number of sulfonamides is 1. The van der Waals surface area contributed by atoms with Crippen molar-refractivity contribution in [2.24, 2.45) is 7.05 Å². The van der Waals surface area contributed by atoms with E-state index in [-0.39, 0.29) is 17.1 Å². The van der Waals surface area contributed by atoms with Gasteiger partial charge in [-0.2, -0.15) is 0 Å². The van der Waals surface area contributed by atoms with Crippen LogP contribution >= 0.6 is 0 Å². The van der Waals surface area contributed by atoms with E-state index < -0.39 is 16.0 Å². The van der Waals surface area contributed by atoms with Gasteiger partial charge in [-0.25, -0.2) is 13.2 Å². The van der Waals surface area contributed by atoms with E-state index in [1.165, 1.54) is 0 Å². The van der Waals surface area contributed by atoms with Gasteiger partial charge < -0.3 is 9.30 Å². The molecule has 0 spiro atoms. The summed E-state index contributed by atoms with van der Waals surface area (Å²) in [4.78, 5) is 12.3. The van der Waals surface area contributed by atoms with Gasteiger partial charge in [-0.3, -0.25) is 4.72 Å². The molecule has 2 rings (SSSR count). The van der Waals surface area contributed by atoms with Crippen molar-refractivity contribution in [3.63, 3.8) is 0 Å². The summed E-state index contributed by atoms with van der Waals surface area (Å²) in [6.45, 7) is 9.10. The summed E-state index contributed by atoms with van der Waals surface area (Å²) in [6.07, 6.45) is 0. The normalized spacial score (nSPS) is 11.4. The maximum atomic E-state index is 13.0. The minimum Gasteiger partial charge on any atom is -0.462 e. The summed E-state index contributed by atoms with van der Waals surface area (Å²) in [6, 6.07) is 5.32. The third kappa shape index (κ3) is 3.56. The fourth-order valence-corrected chi connectivity index (χ4v) is 4.27. The predicted molar refractivity (Wildman–Crippen MR) is 97.6 cm³/mol. The molecular weight excluding hydrogens is 340 g/mol. The number of benzene rings is 1. The lowest BCUT2D eigenvalue weighted by atomic mass is 10.1. The predicted octanol–water partition coefficient (Wildman–Crippen LogP) is 3.24. The van der Waals surface area contributed by atoms with Crippen molar-refractivity contribution in [1.82, 2.24) is 4.57 Å². The van der Waals surface area contributed by atoms with Crippen LogP contribution in [0, 0.1) is 27.7 Å². The Morgan fingerprint density at radius 3 is 2.32 bits per heavy atom. The number of hydrogen-bond acceptors (Lipinski definition) is 4. The lowest BCUT2D eigenvalue weighted by molar-refractivity contribution is 0.0521. The summed E-state index contributed by atoms with van der Waals surface area (Å²) in [5, 5.41) is 0. The van der Waals surface area contributed by atoms with E-state index in [2.05, 4.69) is 4.72 Å². The maximum absolute atomic E-state index is 13.0. The largest absolute Gasteiger partial charge is 0.462 e. The Kier molecular flexibility index (Phi) is 5.27. The molecule has 0 saturated heterocycles. The number of aryl methyl sites for hydroxylation is 2. The molecule has 25 heavy (non-hydrogen) atoms. The van der Waals surface area contributed by atoms with Crippen LogP contribution < -0.4 is 4.72 Å². The average molecular weight is 364 g/mol. The summed E-state index contributed by atoms with van der Waals surface area (Å²) in [5.74, 6) is -0.635. The number of ether oxygens (including phenoxy) is 1. The smallest absolute Gasteiger partial charge is 0.341 e. The van der Waals surface area contributed by atoms with Crippen molar-refractivity contribution < 1.29 is 17.9 Å². The fourth-order valence-electron chi connectivity index (χ4n) is 2.70. The first-order chi connectivity index (χ1) is 11.6. The highest BCUT2D eigenvalue weighted by molar-refractivity contribution is 7.92. The Bertz CT molecular complexity index is 927. The Hall–Kier alpha value is -2.28. The third-order valence-corrected chi connectivity index (χ3v) is 5.97. The van der Waals surface area contributed by atoms with Crippen molar-refractivity contribution in [3.8, 4) is 0 Å². The van der Waals surface area contributed by atoms with Crippen molar-refractivity contribution in [1.29, 1.82) is 0 Å². The number of anilines is 1. The number of nitrogens with one attached hydrogen (secondary N) is 1. The molecule has 1 aromatic heterocycles. The Morgan fingerprint density at radius 2 is 1.76 bits per heavy atom. The molecule has 7 heteroatoms. The highest BCUT2D eigenvalue weighted by atomic mass is 32.2. The van der Waals surface area contributed by atoms with E-state index in [1.54, 1.807) is 44.5 Å². The zero-order valence-corrected chi connectivity index (χ0v) is 16.2. The molecule has 1 aromatic carbocycles. The molecule has 1 heterocycles. The standard InChI is InChI=1S/C18H24N2O4S/c1-7-24-18(21)16-13(4)20(6)14(5)17(16)25(22,23)19-15-9-8-11(2)12(3)10-15/h8-10,19H,7H2,1-6H3. The van der Waals surface area contributed by atoms with Crippen LogP contribution in [0.2, 0.25) is 0 Å². The second kappa shape index (κ2) is 6.92. The molecule has 0 bridgehead atoms. The van der Waals surface area contributed by atoms with Gasteiger partial charge in [0.2, 0.25) is 0 Å². The molecule has 0 fully saturated rings.